The van der Waals surface area contributed by atoms with Crippen LogP contribution in [0.2, 0.25) is 0 Å². The topological polar surface area (TPSA) is 18.5 Å². The average Bonchev–Trinajstić information content (AvgIpc) is 2.33. The van der Waals surface area contributed by atoms with Crippen molar-refractivity contribution in [3.8, 4) is 10.8 Å². The Labute approximate surface area is 78.7 Å². The van der Waals surface area contributed by atoms with E-state index in [1.807, 2.05) is 11.4 Å². The van der Waals surface area contributed by atoms with Crippen LogP contribution in [0.4, 0.5) is 0 Å². The maximum absolute atomic E-state index is 5.26. The summed E-state index contributed by atoms with van der Waals surface area (Å²) in [6, 6.07) is 1.93. The minimum absolute atomic E-state index is 0. The number of thiophene rings is 1. The van der Waals surface area contributed by atoms with Crippen molar-refractivity contribution >= 4 is 11.3 Å². The van der Waals surface area contributed by atoms with Gasteiger partial charge in [0.25, 0.3) is 0 Å². The summed E-state index contributed by atoms with van der Waals surface area (Å²) in [5, 5.41) is 2.89. The van der Waals surface area contributed by atoms with Crippen LogP contribution in [-0.4, -0.2) is 13.2 Å². The Morgan fingerprint density at radius 2 is 2.10 bits per heavy atom. The first-order valence-electron chi connectivity index (χ1n) is 2.80. The molecular weight excluding hydrogens is 244 g/mol. The predicted molar refractivity (Wildman–Crippen MR) is 35.3 cm³/mol. The molecule has 2 nitrogen and oxygen atoms in total. The van der Waals surface area contributed by atoms with Crippen molar-refractivity contribution in [3.05, 3.63) is 11.4 Å². The van der Waals surface area contributed by atoms with Crippen molar-refractivity contribution in [1.82, 2.24) is 0 Å². The fourth-order valence-electron chi connectivity index (χ4n) is 0.782. The molecule has 1 aromatic heterocycles. The monoisotopic (exact) mass is 249 g/mol. The first-order chi connectivity index (χ1) is 4.47. The molecule has 1 aromatic rings. The van der Waals surface area contributed by atoms with Crippen LogP contribution in [0, 0.1) is 0 Å². The van der Waals surface area contributed by atoms with Gasteiger partial charge in [0.15, 0.2) is 5.75 Å². The molecule has 1 radical (unpaired) electrons. The van der Waals surface area contributed by atoms with Gasteiger partial charge in [0.1, 0.15) is 13.2 Å². The third-order valence-corrected chi connectivity index (χ3v) is 1.98. The van der Waals surface area contributed by atoms with Gasteiger partial charge in [0.05, 0.1) is 0 Å². The second-order valence-electron chi connectivity index (χ2n) is 1.77. The third-order valence-electron chi connectivity index (χ3n) is 1.17. The predicted octanol–water partition coefficient (Wildman–Crippen LogP) is 1.52. The fraction of sp³-hybridized carbons (Fsp3) is 0.333. The van der Waals surface area contributed by atoms with Crippen molar-refractivity contribution in [3.63, 3.8) is 0 Å². The Morgan fingerprint density at radius 1 is 1.30 bits per heavy atom. The zero-order valence-electron chi connectivity index (χ0n) is 5.10. The number of hydrogen-bond acceptors (Lipinski definition) is 3. The molecule has 1 aliphatic rings. The fourth-order valence-corrected chi connectivity index (χ4v) is 1.49. The summed E-state index contributed by atoms with van der Waals surface area (Å²) in [5.41, 5.74) is 0. The van der Waals surface area contributed by atoms with Gasteiger partial charge in [-0.1, -0.05) is 0 Å². The van der Waals surface area contributed by atoms with E-state index >= 15 is 0 Å². The van der Waals surface area contributed by atoms with Crippen LogP contribution in [0.1, 0.15) is 0 Å². The van der Waals surface area contributed by atoms with E-state index in [-0.39, 0.29) is 22.4 Å². The quantitative estimate of drug-likeness (QED) is 0.650. The molecular formula is C6H6AgO2S. The van der Waals surface area contributed by atoms with Gasteiger partial charge in [-0.2, -0.15) is 0 Å². The Bertz CT molecular complexity index is 191. The summed E-state index contributed by atoms with van der Waals surface area (Å²) in [6.45, 7) is 1.37. The van der Waals surface area contributed by atoms with Crippen LogP contribution in [0.25, 0.3) is 0 Å². The van der Waals surface area contributed by atoms with E-state index in [0.29, 0.717) is 13.2 Å². The van der Waals surface area contributed by atoms with Gasteiger partial charge >= 0.3 is 0 Å². The Kier molecular flexibility index (Phi) is 2.80. The number of fused-ring (bicyclic) bond motifs is 1. The van der Waals surface area contributed by atoms with Crippen molar-refractivity contribution in [2.24, 2.45) is 0 Å². The molecule has 0 unspecified atom stereocenters. The van der Waals surface area contributed by atoms with Crippen molar-refractivity contribution < 1.29 is 31.9 Å². The van der Waals surface area contributed by atoms with E-state index in [1.54, 1.807) is 11.3 Å². The Morgan fingerprint density at radius 3 is 2.90 bits per heavy atom. The number of ether oxygens (including phenoxy) is 2. The van der Waals surface area contributed by atoms with E-state index in [4.69, 9.17) is 9.47 Å². The van der Waals surface area contributed by atoms with E-state index in [1.165, 1.54) is 0 Å². The number of hydrogen-bond donors (Lipinski definition) is 0. The summed E-state index contributed by atoms with van der Waals surface area (Å²) in [7, 11) is 0. The zero-order chi connectivity index (χ0) is 6.10. The Hall–Kier alpha value is 0.0403. The second-order valence-corrected chi connectivity index (χ2v) is 2.65. The van der Waals surface area contributed by atoms with Gasteiger partial charge in [0.2, 0.25) is 5.06 Å². The average molecular weight is 250 g/mol. The molecule has 0 atom stereocenters. The van der Waals surface area contributed by atoms with E-state index in [9.17, 15) is 0 Å². The molecule has 10 heavy (non-hydrogen) atoms. The van der Waals surface area contributed by atoms with Crippen LogP contribution in [0.3, 0.4) is 0 Å². The van der Waals surface area contributed by atoms with Gasteiger partial charge < -0.3 is 9.47 Å². The smallest absolute Gasteiger partial charge is 0.217 e. The van der Waals surface area contributed by atoms with E-state index < -0.39 is 0 Å². The molecule has 4 heteroatoms. The second kappa shape index (κ2) is 3.44. The van der Waals surface area contributed by atoms with Crippen molar-refractivity contribution in [1.29, 1.82) is 0 Å². The normalized spacial score (nSPS) is 14.0. The molecule has 0 bridgehead atoms. The van der Waals surface area contributed by atoms with Crippen molar-refractivity contribution in [2.75, 3.05) is 13.2 Å². The van der Waals surface area contributed by atoms with E-state index in [0.717, 1.165) is 10.8 Å². The zero-order valence-corrected chi connectivity index (χ0v) is 7.39. The SMILES string of the molecule is [Ag].c1cc2c(s1)OCCO2. The maximum atomic E-state index is 5.26. The molecule has 1 aliphatic heterocycles. The standard InChI is InChI=1S/C6H6O2S.Ag/c1-4-9-6-5(1)7-2-3-8-6;/h1,4H,2-3H2;. The molecule has 0 spiro atoms. The minimum Gasteiger partial charge on any atom is -0.485 e. The first kappa shape index (κ1) is 8.14. The summed E-state index contributed by atoms with van der Waals surface area (Å²) < 4.78 is 10.5. The molecule has 0 saturated carbocycles. The van der Waals surface area contributed by atoms with Crippen LogP contribution >= 0.6 is 11.3 Å². The molecule has 0 amide bonds. The van der Waals surface area contributed by atoms with Crippen LogP contribution in [0.15, 0.2) is 11.4 Å². The van der Waals surface area contributed by atoms with Crippen LogP contribution < -0.4 is 9.47 Å². The molecule has 0 N–H and O–H groups in total. The largest absolute Gasteiger partial charge is 0.485 e. The third kappa shape index (κ3) is 1.37. The van der Waals surface area contributed by atoms with E-state index in [2.05, 4.69) is 0 Å². The van der Waals surface area contributed by atoms with Crippen LogP contribution in [-0.2, 0) is 22.4 Å². The molecule has 0 fully saturated rings. The molecule has 0 saturated heterocycles. The molecule has 2 heterocycles. The molecule has 59 valence electrons. The van der Waals surface area contributed by atoms with Gasteiger partial charge in [-0.15, -0.1) is 11.3 Å². The van der Waals surface area contributed by atoms with Gasteiger partial charge in [0, 0.05) is 22.4 Å². The number of rotatable bonds is 0. The van der Waals surface area contributed by atoms with Gasteiger partial charge in [-0.05, 0) is 11.4 Å². The summed E-state index contributed by atoms with van der Waals surface area (Å²) >= 11 is 1.58. The molecule has 0 aromatic carbocycles. The Balaban J connectivity index is 0.000000500. The molecule has 0 aliphatic carbocycles. The summed E-state index contributed by atoms with van der Waals surface area (Å²) in [5.74, 6) is 0.895. The van der Waals surface area contributed by atoms with Gasteiger partial charge in [-0.3, -0.25) is 0 Å². The maximum Gasteiger partial charge on any atom is 0.217 e. The van der Waals surface area contributed by atoms with Crippen molar-refractivity contribution in [2.45, 2.75) is 0 Å². The van der Waals surface area contributed by atoms with Crippen LogP contribution in [0.5, 0.6) is 10.8 Å². The minimum atomic E-state index is 0. The van der Waals surface area contributed by atoms with Gasteiger partial charge in [-0.25, -0.2) is 0 Å². The summed E-state index contributed by atoms with van der Waals surface area (Å²) in [6.07, 6.45) is 0. The summed E-state index contributed by atoms with van der Waals surface area (Å²) in [4.78, 5) is 0. The first-order valence-corrected chi connectivity index (χ1v) is 3.68. The molecule has 2 rings (SSSR count).